The molecule has 0 aliphatic carbocycles. The molecule has 2 N–H and O–H groups in total. The van der Waals surface area contributed by atoms with E-state index in [1.54, 1.807) is 0 Å². The highest BCUT2D eigenvalue weighted by atomic mass is 16.5. The van der Waals surface area contributed by atoms with Crippen molar-refractivity contribution in [2.24, 2.45) is 5.73 Å². The van der Waals surface area contributed by atoms with Gasteiger partial charge in [-0.1, -0.05) is 6.42 Å². The standard InChI is InChI=1S/C14H29N3O/c15-6-2-1-3-7-16-8-10-17(11-9-16)14-4-12-18-13-5-14/h14H,1-13,15H2. The molecule has 0 aromatic heterocycles. The summed E-state index contributed by atoms with van der Waals surface area (Å²) < 4.78 is 5.44. The van der Waals surface area contributed by atoms with Gasteiger partial charge in [-0.25, -0.2) is 0 Å². The van der Waals surface area contributed by atoms with Crippen molar-refractivity contribution in [3.63, 3.8) is 0 Å². The molecule has 0 atom stereocenters. The number of hydrogen-bond donors (Lipinski definition) is 1. The molecule has 106 valence electrons. The Morgan fingerprint density at radius 3 is 2.33 bits per heavy atom. The van der Waals surface area contributed by atoms with Crippen molar-refractivity contribution in [1.29, 1.82) is 0 Å². The maximum Gasteiger partial charge on any atom is 0.0480 e. The third-order valence-corrected chi connectivity index (χ3v) is 4.29. The Morgan fingerprint density at radius 2 is 1.67 bits per heavy atom. The van der Waals surface area contributed by atoms with Gasteiger partial charge in [0.2, 0.25) is 0 Å². The fraction of sp³-hybridized carbons (Fsp3) is 1.00. The summed E-state index contributed by atoms with van der Waals surface area (Å²) in [6.45, 7) is 9.04. The summed E-state index contributed by atoms with van der Waals surface area (Å²) in [7, 11) is 0. The van der Waals surface area contributed by atoms with Crippen LogP contribution in [0.15, 0.2) is 0 Å². The molecular weight excluding hydrogens is 226 g/mol. The number of piperazine rings is 1. The van der Waals surface area contributed by atoms with Crippen molar-refractivity contribution in [2.75, 3.05) is 52.5 Å². The molecule has 2 heterocycles. The smallest absolute Gasteiger partial charge is 0.0480 e. The van der Waals surface area contributed by atoms with E-state index in [1.165, 1.54) is 64.8 Å². The van der Waals surface area contributed by atoms with Crippen molar-refractivity contribution in [1.82, 2.24) is 9.80 Å². The second kappa shape index (κ2) is 8.10. The summed E-state index contributed by atoms with van der Waals surface area (Å²) in [6, 6.07) is 0.790. The topological polar surface area (TPSA) is 41.7 Å². The molecule has 0 spiro atoms. The minimum absolute atomic E-state index is 0.790. The van der Waals surface area contributed by atoms with E-state index >= 15 is 0 Å². The summed E-state index contributed by atoms with van der Waals surface area (Å²) in [6.07, 6.45) is 6.25. The normalized spacial score (nSPS) is 24.5. The average molecular weight is 255 g/mol. The lowest BCUT2D eigenvalue weighted by atomic mass is 10.1. The molecule has 2 aliphatic rings. The first-order chi connectivity index (χ1) is 8.90. The van der Waals surface area contributed by atoms with E-state index < -0.39 is 0 Å². The third-order valence-electron chi connectivity index (χ3n) is 4.29. The number of hydrogen-bond acceptors (Lipinski definition) is 4. The molecule has 4 heteroatoms. The predicted molar refractivity (Wildman–Crippen MR) is 74.8 cm³/mol. The largest absolute Gasteiger partial charge is 0.381 e. The van der Waals surface area contributed by atoms with Crippen LogP contribution in [-0.4, -0.2) is 68.3 Å². The van der Waals surface area contributed by atoms with Crippen LogP contribution in [0, 0.1) is 0 Å². The lowest BCUT2D eigenvalue weighted by Gasteiger charge is -2.40. The fourth-order valence-electron chi connectivity index (χ4n) is 3.06. The van der Waals surface area contributed by atoms with Crippen molar-refractivity contribution in [2.45, 2.75) is 38.1 Å². The molecule has 0 bridgehead atoms. The lowest BCUT2D eigenvalue weighted by molar-refractivity contribution is 0.0136. The van der Waals surface area contributed by atoms with Crippen LogP contribution >= 0.6 is 0 Å². The third kappa shape index (κ3) is 4.50. The van der Waals surface area contributed by atoms with Gasteiger partial charge in [-0.15, -0.1) is 0 Å². The first-order valence-corrected chi connectivity index (χ1v) is 7.64. The van der Waals surface area contributed by atoms with Gasteiger partial charge in [0.05, 0.1) is 0 Å². The van der Waals surface area contributed by atoms with Gasteiger partial charge in [0.15, 0.2) is 0 Å². The number of nitrogens with two attached hydrogens (primary N) is 1. The van der Waals surface area contributed by atoms with Crippen LogP contribution in [0.3, 0.4) is 0 Å². The summed E-state index contributed by atoms with van der Waals surface area (Å²) in [5, 5.41) is 0. The Balaban J connectivity index is 1.58. The van der Waals surface area contributed by atoms with Crippen LogP contribution in [0.4, 0.5) is 0 Å². The second-order valence-electron chi connectivity index (χ2n) is 5.57. The zero-order valence-corrected chi connectivity index (χ0v) is 11.6. The van der Waals surface area contributed by atoms with Gasteiger partial charge in [-0.3, -0.25) is 4.90 Å². The van der Waals surface area contributed by atoms with Gasteiger partial charge in [0.25, 0.3) is 0 Å². The highest BCUT2D eigenvalue weighted by Crippen LogP contribution is 2.16. The van der Waals surface area contributed by atoms with E-state index in [9.17, 15) is 0 Å². The average Bonchev–Trinajstić information content (AvgIpc) is 2.45. The highest BCUT2D eigenvalue weighted by molar-refractivity contribution is 4.80. The number of unbranched alkanes of at least 4 members (excludes halogenated alkanes) is 2. The minimum atomic E-state index is 0.790. The molecule has 2 rings (SSSR count). The molecule has 2 fully saturated rings. The molecular formula is C14H29N3O. The number of rotatable bonds is 6. The van der Waals surface area contributed by atoms with Crippen LogP contribution in [0.1, 0.15) is 32.1 Å². The quantitative estimate of drug-likeness (QED) is 0.717. The van der Waals surface area contributed by atoms with Crippen LogP contribution in [-0.2, 0) is 4.74 Å². The zero-order valence-electron chi connectivity index (χ0n) is 11.6. The van der Waals surface area contributed by atoms with Gasteiger partial charge >= 0.3 is 0 Å². The Bertz CT molecular complexity index is 211. The maximum atomic E-state index is 5.52. The maximum absolute atomic E-state index is 5.52. The Labute approximate surface area is 111 Å². The lowest BCUT2D eigenvalue weighted by Crippen LogP contribution is -2.51. The van der Waals surface area contributed by atoms with Crippen molar-refractivity contribution in [3.8, 4) is 0 Å². The van der Waals surface area contributed by atoms with Gasteiger partial charge in [-0.2, -0.15) is 0 Å². The molecule has 0 radical (unpaired) electrons. The highest BCUT2D eigenvalue weighted by Gasteiger charge is 2.24. The van der Waals surface area contributed by atoms with Crippen LogP contribution in [0.2, 0.25) is 0 Å². The Kier molecular flexibility index (Phi) is 6.41. The number of nitrogens with zero attached hydrogens (tertiary/aromatic N) is 2. The molecule has 2 aliphatic heterocycles. The zero-order chi connectivity index (χ0) is 12.6. The predicted octanol–water partition coefficient (Wildman–Crippen LogP) is 0.912. The molecule has 0 saturated carbocycles. The summed E-state index contributed by atoms with van der Waals surface area (Å²) >= 11 is 0. The van der Waals surface area contributed by atoms with Gasteiger partial charge in [0.1, 0.15) is 0 Å². The van der Waals surface area contributed by atoms with E-state index in [2.05, 4.69) is 9.80 Å². The van der Waals surface area contributed by atoms with E-state index in [1.807, 2.05) is 0 Å². The van der Waals surface area contributed by atoms with Crippen LogP contribution in [0.5, 0.6) is 0 Å². The SMILES string of the molecule is NCCCCCN1CCN(C2CCOCC2)CC1. The van der Waals surface area contributed by atoms with Crippen LogP contribution < -0.4 is 5.73 Å². The number of ether oxygens (including phenoxy) is 1. The molecule has 4 nitrogen and oxygen atoms in total. The van der Waals surface area contributed by atoms with Gasteiger partial charge in [0, 0.05) is 45.4 Å². The van der Waals surface area contributed by atoms with Gasteiger partial charge < -0.3 is 15.4 Å². The summed E-state index contributed by atoms with van der Waals surface area (Å²) in [5.74, 6) is 0. The molecule has 2 saturated heterocycles. The van der Waals surface area contributed by atoms with Gasteiger partial charge in [-0.05, 0) is 38.8 Å². The van der Waals surface area contributed by atoms with Crippen molar-refractivity contribution >= 4 is 0 Å². The second-order valence-corrected chi connectivity index (χ2v) is 5.57. The first kappa shape index (κ1) is 14.3. The van der Waals surface area contributed by atoms with E-state index in [0.717, 1.165) is 25.8 Å². The monoisotopic (exact) mass is 255 g/mol. The molecule has 0 amide bonds. The van der Waals surface area contributed by atoms with E-state index in [4.69, 9.17) is 10.5 Å². The van der Waals surface area contributed by atoms with Crippen molar-refractivity contribution < 1.29 is 4.74 Å². The van der Waals surface area contributed by atoms with Crippen LogP contribution in [0.25, 0.3) is 0 Å². The molecule has 0 aromatic rings. The fourth-order valence-corrected chi connectivity index (χ4v) is 3.06. The first-order valence-electron chi connectivity index (χ1n) is 7.64. The Morgan fingerprint density at radius 1 is 0.944 bits per heavy atom. The molecule has 0 unspecified atom stereocenters. The Hall–Kier alpha value is -0.160. The van der Waals surface area contributed by atoms with Crippen molar-refractivity contribution in [3.05, 3.63) is 0 Å². The van der Waals surface area contributed by atoms with E-state index in [-0.39, 0.29) is 0 Å². The minimum Gasteiger partial charge on any atom is -0.381 e. The molecule has 0 aromatic carbocycles. The summed E-state index contributed by atoms with van der Waals surface area (Å²) in [4.78, 5) is 5.30. The van der Waals surface area contributed by atoms with E-state index in [0.29, 0.717) is 0 Å². The molecule has 18 heavy (non-hydrogen) atoms. The summed E-state index contributed by atoms with van der Waals surface area (Å²) in [5.41, 5.74) is 5.52.